The molecule has 1 aliphatic carbocycles. The van der Waals surface area contributed by atoms with Crippen LogP contribution in [0.4, 0.5) is 0 Å². The smallest absolute Gasteiger partial charge is 0.240 e. The first-order valence-electron chi connectivity index (χ1n) is 6.80. The van der Waals surface area contributed by atoms with Crippen molar-refractivity contribution in [3.05, 3.63) is 29.9 Å². The van der Waals surface area contributed by atoms with Crippen LogP contribution in [0.1, 0.15) is 37.1 Å². The Labute approximate surface area is 112 Å². The minimum Gasteiger partial charge on any atom is -0.338 e. The van der Waals surface area contributed by atoms with Gasteiger partial charge >= 0.3 is 0 Å². The van der Waals surface area contributed by atoms with Gasteiger partial charge in [0.2, 0.25) is 11.7 Å². The van der Waals surface area contributed by atoms with Crippen molar-refractivity contribution in [2.45, 2.75) is 45.2 Å². The number of nitrogens with zero attached hydrogens (tertiary/aromatic N) is 3. The summed E-state index contributed by atoms with van der Waals surface area (Å²) < 4.78 is 5.28. The maximum absolute atomic E-state index is 5.28. The molecule has 1 saturated carbocycles. The lowest BCUT2D eigenvalue weighted by Crippen LogP contribution is -2.25. The van der Waals surface area contributed by atoms with Crippen molar-refractivity contribution < 1.29 is 4.52 Å². The van der Waals surface area contributed by atoms with Crippen molar-refractivity contribution in [2.75, 3.05) is 0 Å². The average Bonchev–Trinajstić information content (AvgIpc) is 3.08. The van der Waals surface area contributed by atoms with Crippen LogP contribution in [-0.2, 0) is 6.54 Å². The highest BCUT2D eigenvalue weighted by atomic mass is 16.5. The molecule has 0 radical (unpaired) electrons. The van der Waals surface area contributed by atoms with E-state index in [4.69, 9.17) is 4.52 Å². The number of hydrogen-bond acceptors (Lipinski definition) is 5. The highest BCUT2D eigenvalue weighted by Crippen LogP contribution is 2.20. The lowest BCUT2D eigenvalue weighted by atomic mass is 10.1. The topological polar surface area (TPSA) is 63.8 Å². The summed E-state index contributed by atoms with van der Waals surface area (Å²) in [6.45, 7) is 2.67. The van der Waals surface area contributed by atoms with Crippen LogP contribution < -0.4 is 5.32 Å². The van der Waals surface area contributed by atoms with Crippen LogP contribution >= 0.6 is 0 Å². The van der Waals surface area contributed by atoms with Gasteiger partial charge in [-0.2, -0.15) is 4.98 Å². The molecule has 100 valence electrons. The Morgan fingerprint density at radius 2 is 2.21 bits per heavy atom. The summed E-state index contributed by atoms with van der Waals surface area (Å²) in [5, 5.41) is 7.49. The third kappa shape index (κ3) is 2.81. The van der Waals surface area contributed by atoms with Gasteiger partial charge in [-0.15, -0.1) is 0 Å². The zero-order valence-corrected chi connectivity index (χ0v) is 11.1. The van der Waals surface area contributed by atoms with Crippen molar-refractivity contribution in [2.24, 2.45) is 0 Å². The molecule has 3 rings (SSSR count). The first-order chi connectivity index (χ1) is 9.33. The minimum absolute atomic E-state index is 0.607. The van der Waals surface area contributed by atoms with Crippen molar-refractivity contribution >= 4 is 0 Å². The van der Waals surface area contributed by atoms with Gasteiger partial charge in [0.15, 0.2) is 0 Å². The van der Waals surface area contributed by atoms with Crippen molar-refractivity contribution in [1.82, 2.24) is 20.4 Å². The molecule has 2 aromatic heterocycles. The van der Waals surface area contributed by atoms with E-state index in [2.05, 4.69) is 20.4 Å². The molecule has 2 heterocycles. The fourth-order valence-electron chi connectivity index (χ4n) is 2.50. The Hall–Kier alpha value is -1.75. The van der Waals surface area contributed by atoms with Crippen molar-refractivity contribution in [1.29, 1.82) is 0 Å². The van der Waals surface area contributed by atoms with E-state index in [9.17, 15) is 0 Å². The molecule has 0 unspecified atom stereocenters. The van der Waals surface area contributed by atoms with Gasteiger partial charge in [-0.1, -0.05) is 18.0 Å². The molecule has 0 atom stereocenters. The second kappa shape index (κ2) is 5.48. The third-order valence-corrected chi connectivity index (χ3v) is 3.65. The summed E-state index contributed by atoms with van der Waals surface area (Å²) in [5.41, 5.74) is 2.03. The lowest BCUT2D eigenvalue weighted by Gasteiger charge is -2.08. The molecule has 0 saturated heterocycles. The summed E-state index contributed by atoms with van der Waals surface area (Å²) in [4.78, 5) is 8.52. The second-order valence-corrected chi connectivity index (χ2v) is 5.06. The van der Waals surface area contributed by atoms with Gasteiger partial charge in [0.05, 0.1) is 6.54 Å². The predicted molar refractivity (Wildman–Crippen MR) is 71.4 cm³/mol. The largest absolute Gasteiger partial charge is 0.338 e. The van der Waals surface area contributed by atoms with E-state index in [1.54, 1.807) is 12.4 Å². The van der Waals surface area contributed by atoms with Gasteiger partial charge in [-0.25, -0.2) is 0 Å². The first kappa shape index (κ1) is 12.3. The van der Waals surface area contributed by atoms with E-state index in [0.29, 0.717) is 24.3 Å². The fraction of sp³-hybridized carbons (Fsp3) is 0.500. The SMILES string of the molecule is Cc1ccncc1-c1noc(CNC2CCCC2)n1. The van der Waals surface area contributed by atoms with E-state index >= 15 is 0 Å². The molecule has 0 amide bonds. The molecule has 1 N–H and O–H groups in total. The Kier molecular flexibility index (Phi) is 3.55. The summed E-state index contributed by atoms with van der Waals surface area (Å²) in [6, 6.07) is 2.55. The molecule has 0 aromatic carbocycles. The van der Waals surface area contributed by atoms with E-state index < -0.39 is 0 Å². The number of hydrogen-bond donors (Lipinski definition) is 1. The minimum atomic E-state index is 0.607. The van der Waals surface area contributed by atoms with E-state index in [0.717, 1.165) is 11.1 Å². The van der Waals surface area contributed by atoms with Crippen LogP contribution in [-0.4, -0.2) is 21.2 Å². The van der Waals surface area contributed by atoms with Crippen molar-refractivity contribution in [3.8, 4) is 11.4 Å². The molecule has 1 fully saturated rings. The zero-order chi connectivity index (χ0) is 13.1. The molecule has 19 heavy (non-hydrogen) atoms. The lowest BCUT2D eigenvalue weighted by molar-refractivity contribution is 0.357. The maximum atomic E-state index is 5.28. The number of nitrogens with one attached hydrogen (secondary N) is 1. The number of rotatable bonds is 4. The number of pyridine rings is 1. The van der Waals surface area contributed by atoms with Crippen LogP contribution in [0, 0.1) is 6.92 Å². The molecular formula is C14H18N4O. The molecule has 2 aromatic rings. The van der Waals surface area contributed by atoms with Gasteiger partial charge in [-0.05, 0) is 31.4 Å². The molecule has 5 heteroatoms. The van der Waals surface area contributed by atoms with Gasteiger partial charge in [0.1, 0.15) is 0 Å². The highest BCUT2D eigenvalue weighted by Gasteiger charge is 2.16. The third-order valence-electron chi connectivity index (χ3n) is 3.65. The second-order valence-electron chi connectivity index (χ2n) is 5.06. The fourth-order valence-corrected chi connectivity index (χ4v) is 2.50. The Balaban J connectivity index is 1.67. The Morgan fingerprint density at radius 3 is 3.00 bits per heavy atom. The Bertz CT molecular complexity index is 546. The Morgan fingerprint density at radius 1 is 1.37 bits per heavy atom. The summed E-state index contributed by atoms with van der Waals surface area (Å²) in [6.07, 6.45) is 8.69. The van der Waals surface area contributed by atoms with Crippen LogP contribution in [0.5, 0.6) is 0 Å². The maximum Gasteiger partial charge on any atom is 0.240 e. The molecular weight excluding hydrogens is 240 g/mol. The number of aromatic nitrogens is 3. The monoisotopic (exact) mass is 258 g/mol. The molecule has 1 aliphatic rings. The van der Waals surface area contributed by atoms with E-state index in [-0.39, 0.29) is 0 Å². The van der Waals surface area contributed by atoms with E-state index in [1.165, 1.54) is 25.7 Å². The quantitative estimate of drug-likeness (QED) is 0.912. The summed E-state index contributed by atoms with van der Waals surface area (Å²) >= 11 is 0. The normalized spacial score (nSPS) is 16.1. The zero-order valence-electron chi connectivity index (χ0n) is 11.1. The van der Waals surface area contributed by atoms with Crippen LogP contribution in [0.25, 0.3) is 11.4 Å². The van der Waals surface area contributed by atoms with Crippen LogP contribution in [0.3, 0.4) is 0 Å². The number of aryl methyl sites for hydroxylation is 1. The van der Waals surface area contributed by atoms with Gasteiger partial charge < -0.3 is 9.84 Å². The molecule has 0 bridgehead atoms. The molecule has 0 aliphatic heterocycles. The van der Waals surface area contributed by atoms with Crippen molar-refractivity contribution in [3.63, 3.8) is 0 Å². The molecule has 0 spiro atoms. The van der Waals surface area contributed by atoms with Gasteiger partial charge in [0, 0.05) is 24.0 Å². The average molecular weight is 258 g/mol. The van der Waals surface area contributed by atoms with Gasteiger partial charge in [0.25, 0.3) is 0 Å². The van der Waals surface area contributed by atoms with Gasteiger partial charge in [-0.3, -0.25) is 4.98 Å². The first-order valence-corrected chi connectivity index (χ1v) is 6.80. The van der Waals surface area contributed by atoms with Crippen LogP contribution in [0.2, 0.25) is 0 Å². The molecule has 5 nitrogen and oxygen atoms in total. The van der Waals surface area contributed by atoms with Crippen LogP contribution in [0.15, 0.2) is 23.0 Å². The highest BCUT2D eigenvalue weighted by molar-refractivity contribution is 5.57. The van der Waals surface area contributed by atoms with E-state index in [1.807, 2.05) is 13.0 Å². The summed E-state index contributed by atoms with van der Waals surface area (Å²) in [5.74, 6) is 1.26. The standard InChI is InChI=1S/C14H18N4O/c1-10-6-7-15-8-12(10)14-17-13(19-18-14)9-16-11-4-2-3-5-11/h6-8,11,16H,2-5,9H2,1H3. The summed E-state index contributed by atoms with van der Waals surface area (Å²) in [7, 11) is 0. The predicted octanol–water partition coefficient (Wildman–Crippen LogP) is 2.47.